The number of carbonyl (C=O) groups is 1. The Bertz CT molecular complexity index is 1170. The molecule has 0 spiro atoms. The second-order valence-electron chi connectivity index (χ2n) is 7.49. The molecule has 4 aromatic rings. The highest BCUT2D eigenvalue weighted by atomic mass is 35.5. The third kappa shape index (κ3) is 5.00. The van der Waals surface area contributed by atoms with Gasteiger partial charge in [0.15, 0.2) is 0 Å². The molecule has 7 nitrogen and oxygen atoms in total. The molecule has 32 heavy (non-hydrogen) atoms. The van der Waals surface area contributed by atoms with E-state index in [1.807, 2.05) is 49.3 Å². The van der Waals surface area contributed by atoms with E-state index < -0.39 is 0 Å². The zero-order valence-electron chi connectivity index (χ0n) is 17.9. The van der Waals surface area contributed by atoms with Gasteiger partial charge in [-0.25, -0.2) is 0 Å². The van der Waals surface area contributed by atoms with Crippen molar-refractivity contribution in [3.8, 4) is 11.4 Å². The second-order valence-corrected chi connectivity index (χ2v) is 7.90. The van der Waals surface area contributed by atoms with Gasteiger partial charge in [0.25, 0.3) is 5.91 Å². The summed E-state index contributed by atoms with van der Waals surface area (Å²) in [5.74, 6) is 1.46. The van der Waals surface area contributed by atoms with E-state index in [-0.39, 0.29) is 5.91 Å². The number of benzene rings is 2. The van der Waals surface area contributed by atoms with Crippen LogP contribution in [0.1, 0.15) is 22.0 Å². The van der Waals surface area contributed by atoms with Gasteiger partial charge in [0.2, 0.25) is 11.7 Å². The predicted octanol–water partition coefficient (Wildman–Crippen LogP) is 4.93. The number of hydrogen-bond donors (Lipinski definition) is 0. The summed E-state index contributed by atoms with van der Waals surface area (Å²) < 4.78 is 10.9. The lowest BCUT2D eigenvalue weighted by atomic mass is 10.2. The van der Waals surface area contributed by atoms with Crippen LogP contribution in [-0.2, 0) is 13.0 Å². The van der Waals surface area contributed by atoms with E-state index in [0.717, 1.165) is 11.3 Å². The number of anilines is 1. The maximum Gasteiger partial charge on any atom is 0.255 e. The molecule has 0 fully saturated rings. The van der Waals surface area contributed by atoms with Gasteiger partial charge < -0.3 is 18.7 Å². The molecular formula is C24H23ClN4O3. The maximum absolute atomic E-state index is 13.2. The monoisotopic (exact) mass is 450 g/mol. The minimum absolute atomic E-state index is 0.189. The molecule has 1 amide bonds. The van der Waals surface area contributed by atoms with Crippen LogP contribution in [0.3, 0.4) is 0 Å². The minimum Gasteiger partial charge on any atom is -0.467 e. The summed E-state index contributed by atoms with van der Waals surface area (Å²) in [6.07, 6.45) is 1.99. The van der Waals surface area contributed by atoms with Gasteiger partial charge in [0.05, 0.1) is 23.4 Å². The van der Waals surface area contributed by atoms with Crippen molar-refractivity contribution in [2.45, 2.75) is 13.0 Å². The molecule has 0 aliphatic carbocycles. The Labute approximate surface area is 191 Å². The molecule has 0 aliphatic heterocycles. The molecule has 0 saturated carbocycles. The first-order valence-corrected chi connectivity index (χ1v) is 10.6. The van der Waals surface area contributed by atoms with Crippen molar-refractivity contribution in [3.63, 3.8) is 0 Å². The molecule has 164 valence electrons. The molecule has 0 atom stereocenters. The zero-order valence-corrected chi connectivity index (χ0v) is 18.6. The molecule has 0 aliphatic rings. The highest BCUT2D eigenvalue weighted by Gasteiger charge is 2.21. The van der Waals surface area contributed by atoms with Crippen molar-refractivity contribution < 1.29 is 13.7 Å². The summed E-state index contributed by atoms with van der Waals surface area (Å²) in [6, 6.07) is 18.5. The highest BCUT2D eigenvalue weighted by Crippen LogP contribution is 2.21. The number of nitrogens with zero attached hydrogens (tertiary/aromatic N) is 4. The lowest BCUT2D eigenvalue weighted by Crippen LogP contribution is -2.32. The second kappa shape index (κ2) is 9.70. The Kier molecular flexibility index (Phi) is 6.56. The summed E-state index contributed by atoms with van der Waals surface area (Å²) in [6.45, 7) is 0.677. The van der Waals surface area contributed by atoms with Crippen molar-refractivity contribution in [2.24, 2.45) is 0 Å². The van der Waals surface area contributed by atoms with Crippen LogP contribution in [0.25, 0.3) is 11.4 Å². The van der Waals surface area contributed by atoms with Gasteiger partial charge in [0, 0.05) is 38.3 Å². The van der Waals surface area contributed by atoms with Crippen LogP contribution in [0.2, 0.25) is 5.02 Å². The standard InChI is InChI=1S/C24H23ClN4O3/c1-28(2)18-11-9-17(10-12-18)23-26-22(32-27-23)13-14-29(16-19-6-5-15-31-19)24(30)20-7-3-4-8-21(20)25/h3-12,15H,13-14,16H2,1-2H3. The fourth-order valence-corrected chi connectivity index (χ4v) is 3.48. The van der Waals surface area contributed by atoms with E-state index >= 15 is 0 Å². The molecule has 0 radical (unpaired) electrons. The number of hydrogen-bond acceptors (Lipinski definition) is 6. The third-order valence-corrected chi connectivity index (χ3v) is 5.35. The lowest BCUT2D eigenvalue weighted by Gasteiger charge is -2.21. The fraction of sp³-hybridized carbons (Fsp3) is 0.208. The molecule has 0 N–H and O–H groups in total. The van der Waals surface area contributed by atoms with Gasteiger partial charge in [-0.05, 0) is 48.5 Å². The predicted molar refractivity (Wildman–Crippen MR) is 123 cm³/mol. The van der Waals surface area contributed by atoms with Crippen molar-refractivity contribution in [2.75, 3.05) is 25.5 Å². The molecular weight excluding hydrogens is 428 g/mol. The first-order chi connectivity index (χ1) is 15.5. The summed E-state index contributed by atoms with van der Waals surface area (Å²) in [7, 11) is 3.97. The summed E-state index contributed by atoms with van der Waals surface area (Å²) in [5, 5.41) is 4.49. The van der Waals surface area contributed by atoms with Crippen LogP contribution < -0.4 is 4.90 Å². The number of amides is 1. The zero-order chi connectivity index (χ0) is 22.5. The van der Waals surface area contributed by atoms with Crippen LogP contribution in [0.4, 0.5) is 5.69 Å². The van der Waals surface area contributed by atoms with E-state index in [1.165, 1.54) is 0 Å². The smallest absolute Gasteiger partial charge is 0.255 e. The number of aromatic nitrogens is 2. The first-order valence-electron chi connectivity index (χ1n) is 10.2. The van der Waals surface area contributed by atoms with Crippen LogP contribution in [-0.4, -0.2) is 41.6 Å². The Hall–Kier alpha value is -3.58. The van der Waals surface area contributed by atoms with Crippen molar-refractivity contribution in [1.82, 2.24) is 15.0 Å². The van der Waals surface area contributed by atoms with Gasteiger partial charge in [-0.15, -0.1) is 0 Å². The Morgan fingerprint density at radius 3 is 2.50 bits per heavy atom. The Morgan fingerprint density at radius 2 is 1.81 bits per heavy atom. The quantitative estimate of drug-likeness (QED) is 0.378. The van der Waals surface area contributed by atoms with Crippen LogP contribution in [0.5, 0.6) is 0 Å². The Balaban J connectivity index is 1.48. The summed E-state index contributed by atoms with van der Waals surface area (Å²) in [4.78, 5) is 21.3. The van der Waals surface area contributed by atoms with Crippen LogP contribution in [0, 0.1) is 0 Å². The molecule has 2 heterocycles. The molecule has 4 rings (SSSR count). The topological polar surface area (TPSA) is 75.6 Å². The molecule has 8 heteroatoms. The van der Waals surface area contributed by atoms with Crippen LogP contribution >= 0.6 is 11.6 Å². The lowest BCUT2D eigenvalue weighted by molar-refractivity contribution is 0.0730. The first kappa shape index (κ1) is 21.6. The van der Waals surface area contributed by atoms with E-state index in [0.29, 0.717) is 47.6 Å². The van der Waals surface area contributed by atoms with E-state index in [9.17, 15) is 4.79 Å². The maximum atomic E-state index is 13.2. The molecule has 2 aromatic carbocycles. The van der Waals surface area contributed by atoms with Gasteiger partial charge in [0.1, 0.15) is 5.76 Å². The number of carbonyl (C=O) groups excluding carboxylic acids is 1. The van der Waals surface area contributed by atoms with Gasteiger partial charge in [-0.3, -0.25) is 4.79 Å². The van der Waals surface area contributed by atoms with Crippen molar-refractivity contribution in [1.29, 1.82) is 0 Å². The van der Waals surface area contributed by atoms with E-state index in [1.54, 1.807) is 41.5 Å². The summed E-state index contributed by atoms with van der Waals surface area (Å²) >= 11 is 6.25. The van der Waals surface area contributed by atoms with Crippen molar-refractivity contribution in [3.05, 3.63) is 89.2 Å². The normalized spacial score (nSPS) is 10.8. The van der Waals surface area contributed by atoms with Gasteiger partial charge in [-0.2, -0.15) is 4.98 Å². The molecule has 0 unspecified atom stereocenters. The highest BCUT2D eigenvalue weighted by molar-refractivity contribution is 6.33. The van der Waals surface area contributed by atoms with Gasteiger partial charge in [-0.1, -0.05) is 28.9 Å². The summed E-state index contributed by atoms with van der Waals surface area (Å²) in [5.41, 5.74) is 2.39. The Morgan fingerprint density at radius 1 is 1.03 bits per heavy atom. The third-order valence-electron chi connectivity index (χ3n) is 5.02. The fourth-order valence-electron chi connectivity index (χ4n) is 3.26. The molecule has 2 aromatic heterocycles. The van der Waals surface area contributed by atoms with E-state index in [2.05, 4.69) is 10.1 Å². The number of rotatable bonds is 8. The van der Waals surface area contributed by atoms with Gasteiger partial charge >= 0.3 is 0 Å². The average molecular weight is 451 g/mol. The molecule has 0 saturated heterocycles. The number of furan rings is 1. The average Bonchev–Trinajstić information content (AvgIpc) is 3.49. The minimum atomic E-state index is -0.189. The largest absolute Gasteiger partial charge is 0.467 e. The molecule has 0 bridgehead atoms. The number of halogens is 1. The van der Waals surface area contributed by atoms with Crippen molar-refractivity contribution >= 4 is 23.2 Å². The van der Waals surface area contributed by atoms with Crippen LogP contribution in [0.15, 0.2) is 75.9 Å². The SMILES string of the molecule is CN(C)c1ccc(-c2noc(CCN(Cc3ccco3)C(=O)c3ccccc3Cl)n2)cc1. The van der Waals surface area contributed by atoms with E-state index in [4.69, 9.17) is 20.5 Å².